The van der Waals surface area contributed by atoms with Gasteiger partial charge < -0.3 is 15.4 Å². The van der Waals surface area contributed by atoms with Crippen LogP contribution in [0.25, 0.3) is 11.1 Å². The Morgan fingerprint density at radius 3 is 2.39 bits per heavy atom. The average molecular weight is 607 g/mol. The molecule has 3 aromatic carbocycles. The Morgan fingerprint density at radius 1 is 0.976 bits per heavy atom. The monoisotopic (exact) mass is 606 g/mol. The number of hydrogen-bond donors (Lipinski definition) is 2. The summed E-state index contributed by atoms with van der Waals surface area (Å²) in [4.78, 5) is 39.8. The Balaban J connectivity index is 1.46. The van der Waals surface area contributed by atoms with Crippen molar-refractivity contribution >= 4 is 63.2 Å². The lowest BCUT2D eigenvalue weighted by molar-refractivity contribution is -0.116. The fraction of sp³-hybridized carbons (Fsp3) is 0.219. The van der Waals surface area contributed by atoms with Crippen LogP contribution in [-0.4, -0.2) is 29.6 Å². The van der Waals surface area contributed by atoms with Gasteiger partial charge in [0.25, 0.3) is 0 Å². The van der Waals surface area contributed by atoms with Crippen LogP contribution in [0.4, 0.5) is 10.7 Å². The molecule has 0 saturated heterocycles. The summed E-state index contributed by atoms with van der Waals surface area (Å²) in [5, 5.41) is 8.44. The standard InChI is InChI=1S/C32H31ClN2O4S2/c1-4-27(41-25-8-6-7-24(18-25)34-28(36)17-21-11-15-23(33)16-12-21)30(37)35-31-29(32(38)39-5-2)26(19-40-31)22-13-9-20(3)10-14-22/h6-16,18-19,27H,4-5,17H2,1-3H3,(H,34,36)(H,35,37). The molecular weight excluding hydrogens is 576 g/mol. The summed E-state index contributed by atoms with van der Waals surface area (Å²) in [5.41, 5.74) is 4.59. The molecule has 0 fully saturated rings. The van der Waals surface area contributed by atoms with E-state index in [0.717, 1.165) is 27.1 Å². The molecule has 0 aliphatic carbocycles. The molecule has 1 unspecified atom stereocenters. The van der Waals surface area contributed by atoms with Gasteiger partial charge in [0.15, 0.2) is 0 Å². The Kier molecular flexibility index (Phi) is 10.6. The number of amides is 2. The van der Waals surface area contributed by atoms with Gasteiger partial charge in [0.2, 0.25) is 11.8 Å². The molecule has 41 heavy (non-hydrogen) atoms. The molecule has 4 aromatic rings. The number of carbonyl (C=O) groups excluding carboxylic acids is 3. The van der Waals surface area contributed by atoms with Crippen LogP contribution in [0, 0.1) is 6.92 Å². The highest BCUT2D eigenvalue weighted by molar-refractivity contribution is 8.00. The zero-order valence-electron chi connectivity index (χ0n) is 23.0. The lowest BCUT2D eigenvalue weighted by atomic mass is 10.0. The Hall–Kier alpha value is -3.59. The fourth-order valence-electron chi connectivity index (χ4n) is 4.12. The van der Waals surface area contributed by atoms with Gasteiger partial charge in [0, 0.05) is 26.5 Å². The summed E-state index contributed by atoms with van der Waals surface area (Å²) in [6.07, 6.45) is 0.789. The number of nitrogens with one attached hydrogen (secondary N) is 2. The van der Waals surface area contributed by atoms with E-state index in [2.05, 4.69) is 10.6 Å². The summed E-state index contributed by atoms with van der Waals surface area (Å²) in [6, 6.07) is 22.5. The number of rotatable bonds is 11. The summed E-state index contributed by atoms with van der Waals surface area (Å²) in [6.45, 7) is 5.93. The lowest BCUT2D eigenvalue weighted by Crippen LogP contribution is -2.25. The largest absolute Gasteiger partial charge is 0.462 e. The number of thioether (sulfide) groups is 1. The van der Waals surface area contributed by atoms with Crippen LogP contribution < -0.4 is 10.6 Å². The normalized spacial score (nSPS) is 11.5. The molecule has 0 aliphatic rings. The molecule has 212 valence electrons. The molecule has 4 rings (SSSR count). The van der Waals surface area contributed by atoms with Crippen molar-refractivity contribution in [3.8, 4) is 11.1 Å². The number of anilines is 2. The van der Waals surface area contributed by atoms with Gasteiger partial charge in [-0.25, -0.2) is 4.79 Å². The van der Waals surface area contributed by atoms with E-state index in [0.29, 0.717) is 27.7 Å². The number of halogens is 1. The van der Waals surface area contributed by atoms with Crippen molar-refractivity contribution < 1.29 is 19.1 Å². The number of aryl methyl sites for hydroxylation is 1. The van der Waals surface area contributed by atoms with E-state index in [4.69, 9.17) is 16.3 Å². The highest BCUT2D eigenvalue weighted by Crippen LogP contribution is 2.37. The molecule has 1 heterocycles. The second kappa shape index (κ2) is 14.3. The Morgan fingerprint density at radius 2 is 1.71 bits per heavy atom. The Labute approximate surface area is 253 Å². The molecule has 0 bridgehead atoms. The van der Waals surface area contributed by atoms with E-state index in [1.165, 1.54) is 23.1 Å². The van der Waals surface area contributed by atoms with Crippen LogP contribution in [0.1, 0.15) is 41.8 Å². The van der Waals surface area contributed by atoms with Gasteiger partial charge in [-0.3, -0.25) is 9.59 Å². The van der Waals surface area contributed by atoms with Crippen molar-refractivity contribution in [1.82, 2.24) is 0 Å². The first-order chi connectivity index (χ1) is 19.8. The molecule has 1 atom stereocenters. The third-order valence-corrected chi connectivity index (χ3v) is 8.71. The van der Waals surface area contributed by atoms with Crippen molar-refractivity contribution in [1.29, 1.82) is 0 Å². The van der Waals surface area contributed by atoms with Crippen molar-refractivity contribution in [2.24, 2.45) is 0 Å². The zero-order chi connectivity index (χ0) is 29.4. The first-order valence-electron chi connectivity index (χ1n) is 13.2. The summed E-state index contributed by atoms with van der Waals surface area (Å²) < 4.78 is 5.34. The topological polar surface area (TPSA) is 84.5 Å². The number of benzene rings is 3. The quantitative estimate of drug-likeness (QED) is 0.133. The summed E-state index contributed by atoms with van der Waals surface area (Å²) in [7, 11) is 0. The maximum Gasteiger partial charge on any atom is 0.341 e. The zero-order valence-corrected chi connectivity index (χ0v) is 25.4. The van der Waals surface area contributed by atoms with Crippen LogP contribution in [-0.2, 0) is 20.7 Å². The van der Waals surface area contributed by atoms with Crippen LogP contribution >= 0.6 is 34.7 Å². The smallest absolute Gasteiger partial charge is 0.341 e. The fourth-order valence-corrected chi connectivity index (χ4v) is 6.22. The third kappa shape index (κ3) is 8.22. The predicted molar refractivity (Wildman–Crippen MR) is 169 cm³/mol. The summed E-state index contributed by atoms with van der Waals surface area (Å²) >= 11 is 8.64. The SMILES string of the molecule is CCOC(=O)c1c(-c2ccc(C)cc2)csc1NC(=O)C(CC)Sc1cccc(NC(=O)Cc2ccc(Cl)cc2)c1. The number of hydrogen-bond acceptors (Lipinski definition) is 6. The minimum absolute atomic E-state index is 0.146. The van der Waals surface area contributed by atoms with Crippen molar-refractivity contribution in [2.45, 2.75) is 43.8 Å². The summed E-state index contributed by atoms with van der Waals surface area (Å²) in [5.74, 6) is -0.826. The molecule has 0 saturated carbocycles. The van der Waals surface area contributed by atoms with Crippen LogP contribution in [0.2, 0.25) is 5.02 Å². The molecule has 9 heteroatoms. The average Bonchev–Trinajstić information content (AvgIpc) is 3.37. The van der Waals surface area contributed by atoms with Crippen molar-refractivity contribution in [2.75, 3.05) is 17.2 Å². The number of esters is 1. The molecule has 2 N–H and O–H groups in total. The van der Waals surface area contributed by atoms with Gasteiger partial charge in [-0.1, -0.05) is 66.6 Å². The second-order valence-corrected chi connectivity index (χ2v) is 11.9. The van der Waals surface area contributed by atoms with Crippen LogP contribution in [0.3, 0.4) is 0 Å². The third-order valence-electron chi connectivity index (χ3n) is 6.21. The maximum atomic E-state index is 13.4. The van der Waals surface area contributed by atoms with Crippen LogP contribution in [0.5, 0.6) is 0 Å². The lowest BCUT2D eigenvalue weighted by Gasteiger charge is -2.16. The number of carbonyl (C=O) groups is 3. The van der Waals surface area contributed by atoms with Crippen molar-refractivity contribution in [3.05, 3.63) is 99.9 Å². The van der Waals surface area contributed by atoms with E-state index >= 15 is 0 Å². The highest BCUT2D eigenvalue weighted by Gasteiger charge is 2.25. The molecule has 2 amide bonds. The van der Waals surface area contributed by atoms with Gasteiger partial charge in [-0.15, -0.1) is 23.1 Å². The van der Waals surface area contributed by atoms with E-state index in [9.17, 15) is 14.4 Å². The van der Waals surface area contributed by atoms with E-state index in [1.54, 1.807) is 19.1 Å². The van der Waals surface area contributed by atoms with Gasteiger partial charge in [0.1, 0.15) is 10.6 Å². The maximum absolute atomic E-state index is 13.4. The predicted octanol–water partition coefficient (Wildman–Crippen LogP) is 8.24. The van der Waals surface area contributed by atoms with Gasteiger partial charge in [-0.2, -0.15) is 0 Å². The molecule has 0 radical (unpaired) electrons. The molecule has 1 aromatic heterocycles. The molecule has 0 aliphatic heterocycles. The first kappa shape index (κ1) is 30.4. The second-order valence-electron chi connectivity index (χ2n) is 9.32. The molecule has 6 nitrogen and oxygen atoms in total. The van der Waals surface area contributed by atoms with E-state index < -0.39 is 11.2 Å². The molecule has 0 spiro atoms. The van der Waals surface area contributed by atoms with Gasteiger partial charge in [-0.05, 0) is 61.7 Å². The minimum atomic E-state index is -0.470. The van der Waals surface area contributed by atoms with Crippen molar-refractivity contribution in [3.63, 3.8) is 0 Å². The van der Waals surface area contributed by atoms with E-state index in [-0.39, 0.29) is 24.8 Å². The van der Waals surface area contributed by atoms with Crippen LogP contribution in [0.15, 0.2) is 83.1 Å². The molecular formula is C32H31ClN2O4S2. The Bertz CT molecular complexity index is 1520. The number of ether oxygens (including phenoxy) is 1. The minimum Gasteiger partial charge on any atom is -0.462 e. The first-order valence-corrected chi connectivity index (χ1v) is 15.4. The van der Waals surface area contributed by atoms with Gasteiger partial charge in [0.05, 0.1) is 18.3 Å². The number of thiophene rings is 1. The van der Waals surface area contributed by atoms with E-state index in [1.807, 2.05) is 79.9 Å². The van der Waals surface area contributed by atoms with Gasteiger partial charge >= 0.3 is 5.97 Å². The highest BCUT2D eigenvalue weighted by atomic mass is 35.5.